The Labute approximate surface area is 134 Å². The maximum Gasteiger partial charge on any atom is 0.230 e. The first kappa shape index (κ1) is 13.7. The zero-order valence-electron chi connectivity index (χ0n) is 13.1. The topological polar surface area (TPSA) is 81.1 Å². The van der Waals surface area contributed by atoms with Gasteiger partial charge in [0.05, 0.1) is 12.6 Å². The van der Waals surface area contributed by atoms with Crippen LogP contribution in [0.5, 0.6) is 0 Å². The number of hydrogen-bond donors (Lipinski definition) is 0. The second kappa shape index (κ2) is 5.40. The summed E-state index contributed by atoms with van der Waals surface area (Å²) in [6.07, 6.45) is 8.21. The Morgan fingerprint density at radius 3 is 2.61 bits per heavy atom. The second-order valence-corrected chi connectivity index (χ2v) is 7.06. The molecule has 122 valence electrons. The van der Waals surface area contributed by atoms with Crippen molar-refractivity contribution in [2.24, 2.45) is 0 Å². The van der Waals surface area contributed by atoms with Crippen molar-refractivity contribution >= 4 is 0 Å². The van der Waals surface area contributed by atoms with Gasteiger partial charge in [0.15, 0.2) is 5.82 Å². The lowest BCUT2D eigenvalue weighted by Gasteiger charge is -2.21. The standard InChI is InChI=1S/C16H21N5O2/c1-3-10(4-1)16-19-18-13(22-16)9-21-8-2-5-12(21)14-17-15(23-20-14)11-6-7-11/h10-12H,1-9H2/t12-/m1/s1. The highest BCUT2D eigenvalue weighted by Crippen LogP contribution is 2.40. The van der Waals surface area contributed by atoms with Crippen molar-refractivity contribution in [1.82, 2.24) is 25.2 Å². The Morgan fingerprint density at radius 1 is 0.957 bits per heavy atom. The molecule has 0 bridgehead atoms. The molecule has 7 nitrogen and oxygen atoms in total. The van der Waals surface area contributed by atoms with Gasteiger partial charge in [-0.25, -0.2) is 0 Å². The van der Waals surface area contributed by atoms with Gasteiger partial charge in [0.2, 0.25) is 17.7 Å². The maximum atomic E-state index is 5.86. The zero-order chi connectivity index (χ0) is 15.2. The van der Waals surface area contributed by atoms with Gasteiger partial charge >= 0.3 is 0 Å². The van der Waals surface area contributed by atoms with Crippen molar-refractivity contribution in [2.45, 2.75) is 69.4 Å². The summed E-state index contributed by atoms with van der Waals surface area (Å²) in [6.45, 7) is 1.69. The Balaban J connectivity index is 1.29. The van der Waals surface area contributed by atoms with Crippen molar-refractivity contribution in [3.63, 3.8) is 0 Å². The molecule has 2 aliphatic carbocycles. The summed E-state index contributed by atoms with van der Waals surface area (Å²) in [4.78, 5) is 6.95. The molecule has 0 N–H and O–H groups in total. The fourth-order valence-corrected chi connectivity index (χ4v) is 3.51. The number of nitrogens with zero attached hydrogens (tertiary/aromatic N) is 5. The molecule has 5 rings (SSSR count). The van der Waals surface area contributed by atoms with Crippen molar-refractivity contribution in [2.75, 3.05) is 6.54 Å². The van der Waals surface area contributed by atoms with Gasteiger partial charge in [0, 0.05) is 11.8 Å². The molecule has 1 saturated heterocycles. The van der Waals surface area contributed by atoms with E-state index in [4.69, 9.17) is 8.94 Å². The Hall–Kier alpha value is -1.76. The van der Waals surface area contributed by atoms with Crippen molar-refractivity contribution in [3.8, 4) is 0 Å². The summed E-state index contributed by atoms with van der Waals surface area (Å²) >= 11 is 0. The third-order valence-corrected chi connectivity index (χ3v) is 5.32. The summed E-state index contributed by atoms with van der Waals surface area (Å²) in [6, 6.07) is 0.213. The lowest BCUT2D eigenvalue weighted by atomic mass is 9.85. The van der Waals surface area contributed by atoms with Crippen LogP contribution in [0.15, 0.2) is 8.94 Å². The van der Waals surface area contributed by atoms with Crippen LogP contribution in [0.2, 0.25) is 0 Å². The lowest BCUT2D eigenvalue weighted by Crippen LogP contribution is -2.23. The molecule has 3 fully saturated rings. The van der Waals surface area contributed by atoms with Crippen molar-refractivity contribution in [1.29, 1.82) is 0 Å². The molecule has 2 aromatic rings. The van der Waals surface area contributed by atoms with Crippen molar-refractivity contribution < 1.29 is 8.94 Å². The molecule has 0 amide bonds. The normalized spacial score (nSPS) is 25.8. The third-order valence-electron chi connectivity index (χ3n) is 5.32. The fourth-order valence-electron chi connectivity index (χ4n) is 3.51. The van der Waals surface area contributed by atoms with E-state index in [-0.39, 0.29) is 6.04 Å². The monoisotopic (exact) mass is 315 g/mol. The minimum Gasteiger partial charge on any atom is -0.424 e. The Kier molecular flexibility index (Phi) is 3.21. The van der Waals surface area contributed by atoms with E-state index in [1.807, 2.05) is 0 Å². The van der Waals surface area contributed by atoms with E-state index in [2.05, 4.69) is 25.2 Å². The first-order chi connectivity index (χ1) is 11.4. The average molecular weight is 315 g/mol. The first-order valence-electron chi connectivity index (χ1n) is 8.76. The second-order valence-electron chi connectivity index (χ2n) is 7.06. The van der Waals surface area contributed by atoms with E-state index in [0.29, 0.717) is 24.3 Å². The third kappa shape index (κ3) is 2.56. The molecule has 2 saturated carbocycles. The van der Waals surface area contributed by atoms with Gasteiger partial charge in [0.1, 0.15) is 0 Å². The molecule has 0 unspecified atom stereocenters. The van der Waals surface area contributed by atoms with Crippen LogP contribution in [0.3, 0.4) is 0 Å². The van der Waals surface area contributed by atoms with Gasteiger partial charge in [0.25, 0.3) is 0 Å². The number of aromatic nitrogens is 4. The minimum atomic E-state index is 0.213. The quantitative estimate of drug-likeness (QED) is 0.839. The number of likely N-dealkylation sites (tertiary alicyclic amines) is 1. The maximum absolute atomic E-state index is 5.86. The van der Waals surface area contributed by atoms with Crippen LogP contribution in [-0.2, 0) is 6.54 Å². The van der Waals surface area contributed by atoms with Gasteiger partial charge in [-0.2, -0.15) is 4.98 Å². The van der Waals surface area contributed by atoms with Crippen LogP contribution in [0, 0.1) is 0 Å². The van der Waals surface area contributed by atoms with Crippen LogP contribution in [0.4, 0.5) is 0 Å². The SMILES string of the molecule is C1CC(c2nnc(CN3CCC[C@@H]3c3noc(C4CC4)n3)o2)C1. The summed E-state index contributed by atoms with van der Waals surface area (Å²) in [7, 11) is 0. The van der Waals surface area contributed by atoms with E-state index in [9.17, 15) is 0 Å². The predicted molar refractivity (Wildman–Crippen MR) is 79.5 cm³/mol. The van der Waals surface area contributed by atoms with Gasteiger partial charge in [-0.1, -0.05) is 11.6 Å². The highest BCUT2D eigenvalue weighted by molar-refractivity contribution is 5.05. The summed E-state index contributed by atoms with van der Waals surface area (Å²) in [5.41, 5.74) is 0. The summed E-state index contributed by atoms with van der Waals surface area (Å²) < 4.78 is 11.3. The fraction of sp³-hybridized carbons (Fsp3) is 0.750. The largest absolute Gasteiger partial charge is 0.424 e. The van der Waals surface area contributed by atoms with E-state index in [1.165, 1.54) is 32.1 Å². The first-order valence-corrected chi connectivity index (χ1v) is 8.76. The smallest absolute Gasteiger partial charge is 0.230 e. The van der Waals surface area contributed by atoms with Crippen molar-refractivity contribution in [3.05, 3.63) is 23.5 Å². The Bertz CT molecular complexity index is 688. The Morgan fingerprint density at radius 2 is 1.83 bits per heavy atom. The highest BCUT2D eigenvalue weighted by atomic mass is 16.5. The van der Waals surface area contributed by atoms with Crippen LogP contribution < -0.4 is 0 Å². The molecular formula is C16H21N5O2. The van der Waals surface area contributed by atoms with Gasteiger partial charge < -0.3 is 8.94 Å². The molecule has 1 atom stereocenters. The molecule has 0 aromatic carbocycles. The van der Waals surface area contributed by atoms with Crippen LogP contribution >= 0.6 is 0 Å². The van der Waals surface area contributed by atoms with E-state index in [1.54, 1.807) is 0 Å². The molecule has 0 radical (unpaired) electrons. The number of hydrogen-bond acceptors (Lipinski definition) is 7. The van der Waals surface area contributed by atoms with E-state index < -0.39 is 0 Å². The molecule has 1 aliphatic heterocycles. The molecule has 3 heterocycles. The predicted octanol–water partition coefficient (Wildman–Crippen LogP) is 2.93. The summed E-state index contributed by atoms with van der Waals surface area (Å²) in [5, 5.41) is 12.7. The van der Waals surface area contributed by atoms with Crippen LogP contribution in [0.1, 0.15) is 86.3 Å². The molecule has 3 aliphatic rings. The van der Waals surface area contributed by atoms with Gasteiger partial charge in [-0.15, -0.1) is 10.2 Å². The van der Waals surface area contributed by atoms with E-state index >= 15 is 0 Å². The average Bonchev–Trinajstić information content (AvgIpc) is 2.89. The number of rotatable bonds is 5. The zero-order valence-corrected chi connectivity index (χ0v) is 13.1. The molecule has 23 heavy (non-hydrogen) atoms. The minimum absolute atomic E-state index is 0.213. The molecule has 2 aromatic heterocycles. The van der Waals surface area contributed by atoms with Crippen LogP contribution in [-0.4, -0.2) is 31.8 Å². The molecule has 7 heteroatoms. The van der Waals surface area contributed by atoms with Crippen LogP contribution in [0.25, 0.3) is 0 Å². The van der Waals surface area contributed by atoms with Gasteiger partial charge in [-0.05, 0) is 45.1 Å². The summed E-state index contributed by atoms with van der Waals surface area (Å²) in [5.74, 6) is 4.17. The highest BCUT2D eigenvalue weighted by Gasteiger charge is 2.35. The van der Waals surface area contributed by atoms with E-state index in [0.717, 1.165) is 37.0 Å². The molecular weight excluding hydrogens is 294 g/mol. The lowest BCUT2D eigenvalue weighted by molar-refractivity contribution is 0.206. The molecule has 0 spiro atoms. The van der Waals surface area contributed by atoms with Gasteiger partial charge in [-0.3, -0.25) is 4.90 Å².